The average Bonchev–Trinajstić information content (AvgIpc) is 3.21. The summed E-state index contributed by atoms with van der Waals surface area (Å²) >= 11 is 0. The largest absolute Gasteiger partial charge is 0.497 e. The van der Waals surface area contributed by atoms with E-state index in [1.165, 1.54) is 0 Å². The van der Waals surface area contributed by atoms with Crippen LogP contribution in [0.1, 0.15) is 36.5 Å². The second-order valence-electron chi connectivity index (χ2n) is 7.34. The van der Waals surface area contributed by atoms with Crippen LogP contribution in [0, 0.1) is 5.92 Å². The summed E-state index contributed by atoms with van der Waals surface area (Å²) in [4.78, 5) is 31.4. The Morgan fingerprint density at radius 1 is 1.24 bits per heavy atom. The smallest absolute Gasteiger partial charge is 0.254 e. The Kier molecular flexibility index (Phi) is 5.34. The molecule has 0 spiro atoms. The van der Waals surface area contributed by atoms with Gasteiger partial charge in [0.15, 0.2) is 5.58 Å². The minimum Gasteiger partial charge on any atom is -0.497 e. The highest BCUT2D eigenvalue weighted by Crippen LogP contribution is 2.28. The van der Waals surface area contributed by atoms with E-state index >= 15 is 0 Å². The second kappa shape index (κ2) is 8.07. The summed E-state index contributed by atoms with van der Waals surface area (Å²) in [6.45, 7) is 3.05. The number of rotatable bonds is 5. The van der Waals surface area contributed by atoms with Crippen LogP contribution in [0.25, 0.3) is 22.6 Å². The van der Waals surface area contributed by atoms with E-state index in [1.54, 1.807) is 30.2 Å². The predicted octanol–water partition coefficient (Wildman–Crippen LogP) is 4.33. The molecule has 1 aliphatic rings. The van der Waals surface area contributed by atoms with Crippen LogP contribution in [0.5, 0.6) is 5.75 Å². The number of benzene rings is 2. The SMILES string of the molecule is CCC(=O)[C@@H]1CCCN(C(=O)c2ccc3nc(-c4cccc(OC)c4)oc3c2)C1. The zero-order valence-electron chi connectivity index (χ0n) is 16.7. The molecular weight excluding hydrogens is 368 g/mol. The quantitative estimate of drug-likeness (QED) is 0.646. The van der Waals surface area contributed by atoms with Crippen LogP contribution in [0.3, 0.4) is 0 Å². The first-order valence-corrected chi connectivity index (χ1v) is 9.96. The Labute approximate surface area is 169 Å². The molecule has 1 saturated heterocycles. The molecule has 0 bridgehead atoms. The van der Waals surface area contributed by atoms with Crippen molar-refractivity contribution in [2.45, 2.75) is 26.2 Å². The van der Waals surface area contributed by atoms with Gasteiger partial charge >= 0.3 is 0 Å². The Morgan fingerprint density at radius 3 is 2.90 bits per heavy atom. The highest BCUT2D eigenvalue weighted by atomic mass is 16.5. The Hall–Kier alpha value is -3.15. The van der Waals surface area contributed by atoms with E-state index in [1.807, 2.05) is 31.2 Å². The number of hydrogen-bond acceptors (Lipinski definition) is 5. The fourth-order valence-corrected chi connectivity index (χ4v) is 3.83. The number of likely N-dealkylation sites (tertiary alicyclic amines) is 1. The van der Waals surface area contributed by atoms with Crippen LogP contribution in [0.15, 0.2) is 46.9 Å². The van der Waals surface area contributed by atoms with E-state index in [4.69, 9.17) is 9.15 Å². The highest BCUT2D eigenvalue weighted by Gasteiger charge is 2.28. The monoisotopic (exact) mass is 392 g/mol. The van der Waals surface area contributed by atoms with Crippen LogP contribution in [0.2, 0.25) is 0 Å². The lowest BCUT2D eigenvalue weighted by atomic mass is 9.92. The number of Topliss-reactive ketones (excluding diaryl/α,β-unsaturated/α-hetero) is 1. The molecule has 0 aliphatic carbocycles. The Balaban J connectivity index is 1.58. The number of piperidine rings is 1. The maximum absolute atomic E-state index is 13.0. The van der Waals surface area contributed by atoms with Gasteiger partial charge in [0, 0.05) is 36.6 Å². The van der Waals surface area contributed by atoms with Gasteiger partial charge in [0.25, 0.3) is 5.91 Å². The van der Waals surface area contributed by atoms with Gasteiger partial charge in [0.05, 0.1) is 7.11 Å². The first kappa shape index (κ1) is 19.2. The molecule has 0 radical (unpaired) electrons. The number of oxazole rings is 1. The highest BCUT2D eigenvalue weighted by molar-refractivity contribution is 5.97. The van der Waals surface area contributed by atoms with Crippen molar-refractivity contribution in [3.63, 3.8) is 0 Å². The van der Waals surface area contributed by atoms with Gasteiger partial charge in [0.2, 0.25) is 5.89 Å². The molecule has 2 heterocycles. The van der Waals surface area contributed by atoms with Crippen LogP contribution < -0.4 is 4.74 Å². The summed E-state index contributed by atoms with van der Waals surface area (Å²) in [6.07, 6.45) is 2.23. The maximum atomic E-state index is 13.0. The van der Waals surface area contributed by atoms with Crippen molar-refractivity contribution in [3.05, 3.63) is 48.0 Å². The number of carbonyl (C=O) groups excluding carboxylic acids is 2. The van der Waals surface area contributed by atoms with Crippen molar-refractivity contribution in [3.8, 4) is 17.2 Å². The molecule has 6 heteroatoms. The van der Waals surface area contributed by atoms with Gasteiger partial charge in [-0.3, -0.25) is 9.59 Å². The topological polar surface area (TPSA) is 72.6 Å². The van der Waals surface area contributed by atoms with Gasteiger partial charge in [-0.25, -0.2) is 4.98 Å². The zero-order chi connectivity index (χ0) is 20.4. The van der Waals surface area contributed by atoms with E-state index in [0.29, 0.717) is 42.1 Å². The molecule has 0 N–H and O–H groups in total. The number of fused-ring (bicyclic) bond motifs is 1. The van der Waals surface area contributed by atoms with Crippen LogP contribution in [0.4, 0.5) is 0 Å². The molecule has 1 aliphatic heterocycles. The van der Waals surface area contributed by atoms with Gasteiger partial charge in [-0.15, -0.1) is 0 Å². The fraction of sp³-hybridized carbons (Fsp3) is 0.348. The van der Waals surface area contributed by atoms with E-state index in [-0.39, 0.29) is 17.6 Å². The molecule has 150 valence electrons. The summed E-state index contributed by atoms with van der Waals surface area (Å²) in [5.41, 5.74) is 2.62. The zero-order valence-corrected chi connectivity index (χ0v) is 16.7. The lowest BCUT2D eigenvalue weighted by Gasteiger charge is -2.32. The lowest BCUT2D eigenvalue weighted by Crippen LogP contribution is -2.42. The predicted molar refractivity (Wildman–Crippen MR) is 110 cm³/mol. The fourth-order valence-electron chi connectivity index (χ4n) is 3.83. The summed E-state index contributed by atoms with van der Waals surface area (Å²) in [7, 11) is 1.61. The van der Waals surface area contributed by atoms with E-state index in [0.717, 1.165) is 24.2 Å². The number of amides is 1. The second-order valence-corrected chi connectivity index (χ2v) is 7.34. The molecule has 2 aromatic carbocycles. The van der Waals surface area contributed by atoms with Crippen molar-refractivity contribution >= 4 is 22.8 Å². The molecule has 1 aromatic heterocycles. The third-order valence-electron chi connectivity index (χ3n) is 5.46. The number of carbonyl (C=O) groups is 2. The van der Waals surface area contributed by atoms with Crippen molar-refractivity contribution < 1.29 is 18.7 Å². The molecule has 3 aromatic rings. The van der Waals surface area contributed by atoms with Gasteiger partial charge in [-0.2, -0.15) is 0 Å². The van der Waals surface area contributed by atoms with Crippen LogP contribution >= 0.6 is 0 Å². The van der Waals surface area contributed by atoms with Crippen molar-refractivity contribution in [1.29, 1.82) is 0 Å². The average molecular weight is 392 g/mol. The first-order chi connectivity index (χ1) is 14.1. The molecular formula is C23H24N2O4. The summed E-state index contributed by atoms with van der Waals surface area (Å²) < 4.78 is 11.2. The van der Waals surface area contributed by atoms with Gasteiger partial charge in [0.1, 0.15) is 17.0 Å². The lowest BCUT2D eigenvalue weighted by molar-refractivity contribution is -0.123. The standard InChI is InChI=1S/C23H24N2O4/c1-3-20(26)17-7-5-11-25(14-17)23(27)16-9-10-19-21(13-16)29-22(24-19)15-6-4-8-18(12-15)28-2/h4,6,8-10,12-13,17H,3,5,7,11,14H2,1-2H3/t17-/m1/s1. The Bertz CT molecular complexity index is 1060. The van der Waals surface area contributed by atoms with Crippen LogP contribution in [-0.2, 0) is 4.79 Å². The molecule has 1 amide bonds. The number of nitrogens with zero attached hydrogens (tertiary/aromatic N) is 2. The van der Waals surface area contributed by atoms with Gasteiger partial charge in [-0.05, 0) is 49.2 Å². The van der Waals surface area contributed by atoms with Gasteiger partial charge < -0.3 is 14.1 Å². The maximum Gasteiger partial charge on any atom is 0.254 e. The van der Waals surface area contributed by atoms with Crippen LogP contribution in [-0.4, -0.2) is 41.8 Å². The van der Waals surface area contributed by atoms with Crippen molar-refractivity contribution in [1.82, 2.24) is 9.88 Å². The van der Waals surface area contributed by atoms with E-state index < -0.39 is 0 Å². The molecule has 4 rings (SSSR count). The first-order valence-electron chi connectivity index (χ1n) is 9.96. The normalized spacial score (nSPS) is 16.8. The number of methoxy groups -OCH3 is 1. The number of aromatic nitrogens is 1. The minimum absolute atomic E-state index is 0.0497. The molecule has 0 unspecified atom stereocenters. The number of ketones is 1. The Morgan fingerprint density at radius 2 is 2.10 bits per heavy atom. The summed E-state index contributed by atoms with van der Waals surface area (Å²) in [5, 5.41) is 0. The minimum atomic E-state index is -0.0696. The third kappa shape index (κ3) is 3.88. The molecule has 1 atom stereocenters. The third-order valence-corrected chi connectivity index (χ3v) is 5.46. The number of hydrogen-bond donors (Lipinski definition) is 0. The summed E-state index contributed by atoms with van der Waals surface area (Å²) in [6, 6.07) is 12.8. The van der Waals surface area contributed by atoms with Crippen molar-refractivity contribution in [2.75, 3.05) is 20.2 Å². The summed E-state index contributed by atoms with van der Waals surface area (Å²) in [5.74, 6) is 1.32. The van der Waals surface area contributed by atoms with Crippen molar-refractivity contribution in [2.24, 2.45) is 5.92 Å². The van der Waals surface area contributed by atoms with Gasteiger partial charge in [-0.1, -0.05) is 13.0 Å². The molecule has 0 saturated carbocycles. The van der Waals surface area contributed by atoms with E-state index in [2.05, 4.69) is 4.98 Å². The van der Waals surface area contributed by atoms with E-state index in [9.17, 15) is 9.59 Å². The molecule has 1 fully saturated rings. The molecule has 29 heavy (non-hydrogen) atoms. The number of ether oxygens (including phenoxy) is 1. The molecule has 6 nitrogen and oxygen atoms in total.